The Morgan fingerprint density at radius 2 is 2.25 bits per heavy atom. The maximum absolute atomic E-state index is 11.0. The molecule has 0 atom stereocenters. The first-order valence-corrected chi connectivity index (χ1v) is 5.86. The number of carbonyl (C=O) groups is 1. The molecule has 0 N–H and O–H groups in total. The van der Waals surface area contributed by atoms with E-state index in [0.717, 1.165) is 39.3 Å². The second-order valence-electron chi connectivity index (χ2n) is 3.67. The van der Waals surface area contributed by atoms with Gasteiger partial charge in [0.15, 0.2) is 0 Å². The third-order valence-corrected chi connectivity index (χ3v) is 2.39. The molecule has 1 aliphatic rings. The molecule has 1 fully saturated rings. The molecule has 0 aromatic heterocycles. The summed E-state index contributed by atoms with van der Waals surface area (Å²) in [6, 6.07) is 0. The highest BCUT2D eigenvalue weighted by Gasteiger charge is 2.09. The summed E-state index contributed by atoms with van der Waals surface area (Å²) in [7, 11) is 0. The van der Waals surface area contributed by atoms with E-state index in [0.29, 0.717) is 13.2 Å². The van der Waals surface area contributed by atoms with Crippen LogP contribution in [0.1, 0.15) is 13.3 Å². The smallest absolute Gasteiger partial charge is 0.332 e. The Kier molecular flexibility index (Phi) is 7.12. The van der Waals surface area contributed by atoms with Gasteiger partial charge in [-0.05, 0) is 13.3 Å². The molecule has 0 radical (unpaired) electrons. The van der Waals surface area contributed by atoms with Crippen LogP contribution in [0.25, 0.3) is 0 Å². The Morgan fingerprint density at radius 3 is 3.06 bits per heavy atom. The van der Waals surface area contributed by atoms with E-state index < -0.39 is 0 Å². The van der Waals surface area contributed by atoms with E-state index in [1.165, 1.54) is 0 Å². The molecule has 0 aliphatic carbocycles. The maximum atomic E-state index is 11.0. The molecule has 0 spiro atoms. The minimum absolute atomic E-state index is 0.0537. The van der Waals surface area contributed by atoms with Crippen LogP contribution in [0.3, 0.4) is 0 Å². The highest BCUT2D eigenvalue weighted by Crippen LogP contribution is 1.98. The molecule has 1 rings (SSSR count). The molecule has 1 aliphatic heterocycles. The van der Waals surface area contributed by atoms with Gasteiger partial charge in [-0.1, -0.05) is 0 Å². The van der Waals surface area contributed by atoms with Crippen LogP contribution in [0, 0.1) is 0 Å². The molecule has 5 nitrogen and oxygen atoms in total. The number of hydrogen-bond acceptors (Lipinski definition) is 5. The maximum Gasteiger partial charge on any atom is 0.332 e. The molecule has 16 heavy (non-hydrogen) atoms. The summed E-state index contributed by atoms with van der Waals surface area (Å²) in [6.07, 6.45) is 1.07. The number of esters is 1. The molecular formula is C11H21NO4. The standard InChI is InChI=1S/C11H21NO4/c1-2-16-11(13)10-15-9-6-12-4-3-7-14-8-5-12/h2-10H2,1H3. The molecule has 0 amide bonds. The van der Waals surface area contributed by atoms with E-state index >= 15 is 0 Å². The van der Waals surface area contributed by atoms with Crippen molar-refractivity contribution in [3.05, 3.63) is 0 Å². The molecule has 1 saturated heterocycles. The highest BCUT2D eigenvalue weighted by atomic mass is 16.6. The average molecular weight is 231 g/mol. The Hall–Kier alpha value is -0.650. The fourth-order valence-electron chi connectivity index (χ4n) is 1.57. The largest absolute Gasteiger partial charge is 0.464 e. The van der Waals surface area contributed by atoms with Crippen LogP contribution < -0.4 is 0 Å². The van der Waals surface area contributed by atoms with Crippen LogP contribution in [-0.4, -0.2) is 63.5 Å². The summed E-state index contributed by atoms with van der Waals surface area (Å²) in [5.41, 5.74) is 0. The van der Waals surface area contributed by atoms with Gasteiger partial charge in [0.25, 0.3) is 0 Å². The summed E-state index contributed by atoms with van der Waals surface area (Å²) in [6.45, 7) is 7.30. The zero-order chi connectivity index (χ0) is 11.6. The number of hydrogen-bond donors (Lipinski definition) is 0. The van der Waals surface area contributed by atoms with Crippen molar-refractivity contribution in [1.29, 1.82) is 0 Å². The summed E-state index contributed by atoms with van der Waals surface area (Å²) in [4.78, 5) is 13.3. The average Bonchev–Trinajstić information content (AvgIpc) is 2.53. The Labute approximate surface area is 96.6 Å². The van der Waals surface area contributed by atoms with Gasteiger partial charge in [-0.3, -0.25) is 4.90 Å². The number of carbonyl (C=O) groups excluding carboxylic acids is 1. The lowest BCUT2D eigenvalue weighted by atomic mass is 10.4. The lowest BCUT2D eigenvalue weighted by Gasteiger charge is -2.18. The van der Waals surface area contributed by atoms with Crippen molar-refractivity contribution in [3.8, 4) is 0 Å². The van der Waals surface area contributed by atoms with Gasteiger partial charge in [-0.15, -0.1) is 0 Å². The summed E-state index contributed by atoms with van der Waals surface area (Å²) in [5, 5.41) is 0. The zero-order valence-electron chi connectivity index (χ0n) is 9.94. The van der Waals surface area contributed by atoms with Crippen molar-refractivity contribution >= 4 is 5.97 Å². The summed E-state index contributed by atoms with van der Waals surface area (Å²) < 4.78 is 15.3. The van der Waals surface area contributed by atoms with Gasteiger partial charge in [0.1, 0.15) is 6.61 Å². The van der Waals surface area contributed by atoms with Crippen molar-refractivity contribution in [1.82, 2.24) is 4.90 Å². The highest BCUT2D eigenvalue weighted by molar-refractivity contribution is 5.70. The van der Waals surface area contributed by atoms with Crippen LogP contribution in [0.2, 0.25) is 0 Å². The third-order valence-electron chi connectivity index (χ3n) is 2.39. The van der Waals surface area contributed by atoms with E-state index in [1.807, 2.05) is 0 Å². The van der Waals surface area contributed by atoms with Crippen molar-refractivity contribution in [2.45, 2.75) is 13.3 Å². The first-order chi connectivity index (χ1) is 7.83. The lowest BCUT2D eigenvalue weighted by Crippen LogP contribution is -2.30. The second-order valence-corrected chi connectivity index (χ2v) is 3.67. The van der Waals surface area contributed by atoms with Crippen LogP contribution in [-0.2, 0) is 19.0 Å². The van der Waals surface area contributed by atoms with E-state index in [4.69, 9.17) is 14.2 Å². The summed E-state index contributed by atoms with van der Waals surface area (Å²) in [5.74, 6) is -0.290. The second kappa shape index (κ2) is 8.50. The molecule has 1 heterocycles. The molecule has 0 aromatic carbocycles. The molecule has 0 saturated carbocycles. The van der Waals surface area contributed by atoms with Gasteiger partial charge in [0.2, 0.25) is 0 Å². The van der Waals surface area contributed by atoms with E-state index in [2.05, 4.69) is 4.90 Å². The quantitative estimate of drug-likeness (QED) is 0.485. The number of ether oxygens (including phenoxy) is 3. The SMILES string of the molecule is CCOC(=O)COCCN1CCCOCC1. The molecule has 5 heteroatoms. The van der Waals surface area contributed by atoms with E-state index in [1.54, 1.807) is 6.92 Å². The Balaban J connectivity index is 1.99. The predicted molar refractivity (Wildman–Crippen MR) is 59.3 cm³/mol. The van der Waals surface area contributed by atoms with Gasteiger partial charge in [0.05, 0.1) is 19.8 Å². The van der Waals surface area contributed by atoms with Gasteiger partial charge < -0.3 is 14.2 Å². The zero-order valence-corrected chi connectivity index (χ0v) is 9.94. The van der Waals surface area contributed by atoms with Gasteiger partial charge in [0, 0.05) is 26.2 Å². The van der Waals surface area contributed by atoms with Gasteiger partial charge in [-0.25, -0.2) is 4.79 Å². The lowest BCUT2D eigenvalue weighted by molar-refractivity contribution is -0.148. The van der Waals surface area contributed by atoms with E-state index in [9.17, 15) is 4.79 Å². The Morgan fingerprint density at radius 1 is 1.38 bits per heavy atom. The number of rotatable bonds is 6. The van der Waals surface area contributed by atoms with Gasteiger partial charge in [-0.2, -0.15) is 0 Å². The van der Waals surface area contributed by atoms with Crippen LogP contribution in [0.15, 0.2) is 0 Å². The minimum atomic E-state index is -0.290. The van der Waals surface area contributed by atoms with Crippen LogP contribution in [0.5, 0.6) is 0 Å². The fourth-order valence-corrected chi connectivity index (χ4v) is 1.57. The molecular weight excluding hydrogens is 210 g/mol. The predicted octanol–water partition coefficient (Wildman–Crippen LogP) is 0.288. The molecule has 0 unspecified atom stereocenters. The normalized spacial score (nSPS) is 18.1. The van der Waals surface area contributed by atoms with Crippen molar-refractivity contribution in [3.63, 3.8) is 0 Å². The van der Waals surface area contributed by atoms with Crippen LogP contribution >= 0.6 is 0 Å². The topological polar surface area (TPSA) is 48.0 Å². The molecule has 0 aromatic rings. The fraction of sp³-hybridized carbons (Fsp3) is 0.909. The van der Waals surface area contributed by atoms with Gasteiger partial charge >= 0.3 is 5.97 Å². The first-order valence-electron chi connectivity index (χ1n) is 5.86. The van der Waals surface area contributed by atoms with Crippen molar-refractivity contribution in [2.24, 2.45) is 0 Å². The first kappa shape index (κ1) is 13.4. The summed E-state index contributed by atoms with van der Waals surface area (Å²) >= 11 is 0. The third kappa shape index (κ3) is 6.05. The molecule has 94 valence electrons. The van der Waals surface area contributed by atoms with E-state index in [-0.39, 0.29) is 12.6 Å². The van der Waals surface area contributed by atoms with Crippen LogP contribution in [0.4, 0.5) is 0 Å². The monoisotopic (exact) mass is 231 g/mol. The molecule has 0 bridgehead atoms. The van der Waals surface area contributed by atoms with Crippen molar-refractivity contribution in [2.75, 3.05) is 52.7 Å². The van der Waals surface area contributed by atoms with Crippen molar-refractivity contribution < 1.29 is 19.0 Å². The minimum Gasteiger partial charge on any atom is -0.464 e. The Bertz CT molecular complexity index is 190. The number of nitrogens with zero attached hydrogens (tertiary/aromatic N) is 1.